The van der Waals surface area contributed by atoms with Crippen molar-refractivity contribution in [3.8, 4) is 5.75 Å². The standard InChI is InChI=1S/C21H31N3O3.ClH/c22-16-21(9-2-1-3-10-21)14-19(25)23-17-7-6-8-18(13-17)27-15-20(26)24-11-4-5-12-24;/h6-8,13H,1-5,9-12,14-16,22H2,(H,23,25);1H. The van der Waals surface area contributed by atoms with Crippen LogP contribution in [0.5, 0.6) is 5.75 Å². The van der Waals surface area contributed by atoms with Crippen LogP contribution in [-0.2, 0) is 9.59 Å². The van der Waals surface area contributed by atoms with Crippen LogP contribution in [0.15, 0.2) is 24.3 Å². The third-order valence-corrected chi connectivity index (χ3v) is 5.82. The van der Waals surface area contributed by atoms with Gasteiger partial charge in [0.15, 0.2) is 6.61 Å². The van der Waals surface area contributed by atoms with Gasteiger partial charge >= 0.3 is 0 Å². The lowest BCUT2D eigenvalue weighted by molar-refractivity contribution is -0.132. The molecule has 1 aromatic rings. The topological polar surface area (TPSA) is 84.7 Å². The molecule has 0 spiro atoms. The Labute approximate surface area is 173 Å². The number of amides is 2. The number of carbonyl (C=O) groups is 2. The van der Waals surface area contributed by atoms with E-state index in [1.54, 1.807) is 12.1 Å². The summed E-state index contributed by atoms with van der Waals surface area (Å²) in [4.78, 5) is 26.5. The second-order valence-electron chi connectivity index (χ2n) is 7.89. The van der Waals surface area contributed by atoms with Crippen LogP contribution in [0, 0.1) is 5.41 Å². The fraction of sp³-hybridized carbons (Fsp3) is 0.619. The molecule has 1 aromatic carbocycles. The van der Waals surface area contributed by atoms with Crippen molar-refractivity contribution < 1.29 is 14.3 Å². The van der Waals surface area contributed by atoms with E-state index in [2.05, 4.69) is 5.32 Å². The van der Waals surface area contributed by atoms with Crippen LogP contribution >= 0.6 is 12.4 Å². The molecule has 3 N–H and O–H groups in total. The zero-order valence-electron chi connectivity index (χ0n) is 16.5. The van der Waals surface area contributed by atoms with Gasteiger partial charge in [0, 0.05) is 31.3 Å². The van der Waals surface area contributed by atoms with Crippen LogP contribution in [0.3, 0.4) is 0 Å². The van der Waals surface area contributed by atoms with Crippen LogP contribution in [0.1, 0.15) is 51.4 Å². The zero-order valence-corrected chi connectivity index (χ0v) is 17.3. The van der Waals surface area contributed by atoms with Gasteiger partial charge in [-0.15, -0.1) is 12.4 Å². The molecule has 156 valence electrons. The van der Waals surface area contributed by atoms with Gasteiger partial charge in [-0.3, -0.25) is 9.59 Å². The minimum absolute atomic E-state index is 0. The van der Waals surface area contributed by atoms with Gasteiger partial charge in [0.05, 0.1) is 0 Å². The number of nitrogens with one attached hydrogen (secondary N) is 1. The molecule has 2 fully saturated rings. The van der Waals surface area contributed by atoms with E-state index in [1.165, 1.54) is 6.42 Å². The van der Waals surface area contributed by atoms with Crippen LogP contribution in [0.4, 0.5) is 5.69 Å². The molecule has 0 bridgehead atoms. The first-order valence-electron chi connectivity index (χ1n) is 10.1. The Bertz CT molecular complexity index is 656. The maximum Gasteiger partial charge on any atom is 0.260 e. The third-order valence-electron chi connectivity index (χ3n) is 5.82. The molecule has 0 atom stereocenters. The van der Waals surface area contributed by atoms with E-state index in [9.17, 15) is 9.59 Å². The summed E-state index contributed by atoms with van der Waals surface area (Å²) in [6.45, 7) is 2.23. The Morgan fingerprint density at radius 3 is 2.50 bits per heavy atom. The molecule has 0 radical (unpaired) electrons. The number of benzene rings is 1. The molecule has 1 saturated carbocycles. The van der Waals surface area contributed by atoms with Gasteiger partial charge in [-0.1, -0.05) is 25.3 Å². The van der Waals surface area contributed by atoms with Gasteiger partial charge < -0.3 is 20.7 Å². The first kappa shape index (κ1) is 22.5. The normalized spacial score (nSPS) is 18.2. The summed E-state index contributed by atoms with van der Waals surface area (Å²) in [5.74, 6) is 0.600. The lowest BCUT2D eigenvalue weighted by Crippen LogP contribution is -2.36. The van der Waals surface area contributed by atoms with Crippen molar-refractivity contribution in [2.24, 2.45) is 11.1 Å². The number of carbonyl (C=O) groups excluding carboxylic acids is 2. The minimum Gasteiger partial charge on any atom is -0.484 e. The summed E-state index contributed by atoms with van der Waals surface area (Å²) in [6.07, 6.45) is 8.19. The third kappa shape index (κ3) is 6.11. The molecule has 2 aliphatic rings. The maximum atomic E-state index is 12.5. The molecule has 0 unspecified atom stereocenters. The van der Waals surface area contributed by atoms with E-state index in [4.69, 9.17) is 10.5 Å². The Hall–Kier alpha value is -1.79. The molecule has 1 heterocycles. The SMILES string of the molecule is Cl.NCC1(CC(=O)Nc2cccc(OCC(=O)N3CCCC3)c2)CCCCC1. The van der Waals surface area contributed by atoms with Gasteiger partial charge in [-0.2, -0.15) is 0 Å². The number of anilines is 1. The van der Waals surface area contributed by atoms with Crippen molar-refractivity contribution in [3.05, 3.63) is 24.3 Å². The predicted molar refractivity (Wildman–Crippen MR) is 113 cm³/mol. The van der Waals surface area contributed by atoms with E-state index in [-0.39, 0.29) is 36.2 Å². The van der Waals surface area contributed by atoms with E-state index in [0.717, 1.165) is 51.6 Å². The van der Waals surface area contributed by atoms with Crippen molar-refractivity contribution in [3.63, 3.8) is 0 Å². The number of likely N-dealkylation sites (tertiary alicyclic amines) is 1. The van der Waals surface area contributed by atoms with E-state index in [1.807, 2.05) is 17.0 Å². The van der Waals surface area contributed by atoms with Gasteiger partial charge in [0.2, 0.25) is 5.91 Å². The van der Waals surface area contributed by atoms with Crippen molar-refractivity contribution in [1.82, 2.24) is 4.90 Å². The average Bonchev–Trinajstić information content (AvgIpc) is 3.22. The monoisotopic (exact) mass is 409 g/mol. The number of hydrogen-bond donors (Lipinski definition) is 2. The van der Waals surface area contributed by atoms with Crippen LogP contribution in [0.25, 0.3) is 0 Å². The first-order valence-corrected chi connectivity index (χ1v) is 10.1. The zero-order chi connectivity index (χ0) is 19.1. The molecule has 7 heteroatoms. The molecule has 6 nitrogen and oxygen atoms in total. The highest BCUT2D eigenvalue weighted by Gasteiger charge is 2.33. The molecule has 28 heavy (non-hydrogen) atoms. The summed E-state index contributed by atoms with van der Waals surface area (Å²) in [5.41, 5.74) is 6.62. The predicted octanol–water partition coefficient (Wildman–Crippen LogP) is 3.35. The van der Waals surface area contributed by atoms with Crippen molar-refractivity contribution >= 4 is 29.9 Å². The quantitative estimate of drug-likeness (QED) is 0.723. The Morgan fingerprint density at radius 1 is 1.11 bits per heavy atom. The Morgan fingerprint density at radius 2 is 1.82 bits per heavy atom. The highest BCUT2D eigenvalue weighted by molar-refractivity contribution is 5.91. The number of hydrogen-bond acceptors (Lipinski definition) is 4. The Balaban J connectivity index is 0.00000280. The van der Waals surface area contributed by atoms with Crippen LogP contribution in [-0.4, -0.2) is 43.0 Å². The second-order valence-corrected chi connectivity index (χ2v) is 7.89. The largest absolute Gasteiger partial charge is 0.484 e. The molecular formula is C21H32ClN3O3. The van der Waals surface area contributed by atoms with Crippen molar-refractivity contribution in [2.45, 2.75) is 51.4 Å². The summed E-state index contributed by atoms with van der Waals surface area (Å²) in [6, 6.07) is 7.23. The molecule has 0 aromatic heterocycles. The molecule has 1 aliphatic carbocycles. The van der Waals surface area contributed by atoms with Crippen molar-refractivity contribution in [1.29, 1.82) is 0 Å². The smallest absolute Gasteiger partial charge is 0.260 e. The van der Waals surface area contributed by atoms with Gasteiger partial charge in [-0.25, -0.2) is 0 Å². The molecular weight excluding hydrogens is 378 g/mol. The van der Waals surface area contributed by atoms with Crippen molar-refractivity contribution in [2.75, 3.05) is 31.6 Å². The molecule has 1 saturated heterocycles. The highest BCUT2D eigenvalue weighted by atomic mass is 35.5. The van der Waals surface area contributed by atoms with Gasteiger partial charge in [0.25, 0.3) is 5.91 Å². The van der Waals surface area contributed by atoms with Gasteiger partial charge in [0.1, 0.15) is 5.75 Å². The fourth-order valence-corrected chi connectivity index (χ4v) is 4.17. The number of rotatable bonds is 7. The number of nitrogens with two attached hydrogens (primary N) is 1. The minimum atomic E-state index is -0.0570. The number of ether oxygens (including phenoxy) is 1. The highest BCUT2D eigenvalue weighted by Crippen LogP contribution is 2.38. The fourth-order valence-electron chi connectivity index (χ4n) is 4.17. The number of nitrogens with zero attached hydrogens (tertiary/aromatic N) is 1. The average molecular weight is 410 g/mol. The van der Waals surface area contributed by atoms with E-state index in [0.29, 0.717) is 24.4 Å². The summed E-state index contributed by atoms with van der Waals surface area (Å²) < 4.78 is 5.63. The lowest BCUT2D eigenvalue weighted by Gasteiger charge is -2.35. The maximum absolute atomic E-state index is 12.5. The summed E-state index contributed by atoms with van der Waals surface area (Å²) in [7, 11) is 0. The van der Waals surface area contributed by atoms with E-state index < -0.39 is 0 Å². The summed E-state index contributed by atoms with van der Waals surface area (Å²) >= 11 is 0. The molecule has 1 aliphatic heterocycles. The van der Waals surface area contributed by atoms with Gasteiger partial charge in [-0.05, 0) is 49.8 Å². The second kappa shape index (κ2) is 10.7. The molecule has 3 rings (SSSR count). The molecule has 2 amide bonds. The number of halogens is 1. The first-order chi connectivity index (χ1) is 13.1. The Kier molecular flexibility index (Phi) is 8.58. The summed E-state index contributed by atoms with van der Waals surface area (Å²) in [5, 5.41) is 2.96. The van der Waals surface area contributed by atoms with E-state index >= 15 is 0 Å². The van der Waals surface area contributed by atoms with Crippen LogP contribution in [0.2, 0.25) is 0 Å². The lowest BCUT2D eigenvalue weighted by atomic mass is 9.71. The van der Waals surface area contributed by atoms with Crippen LogP contribution < -0.4 is 15.8 Å².